The Hall–Kier alpha value is -0.730. The minimum atomic E-state index is 0.0784. The molecule has 84 valence electrons. The van der Waals surface area contributed by atoms with Crippen LogP contribution < -0.4 is 5.32 Å². The molecule has 0 fully saturated rings. The summed E-state index contributed by atoms with van der Waals surface area (Å²) in [6.45, 7) is 10.8. The molecule has 1 unspecified atom stereocenters. The molecule has 0 aliphatic carbocycles. The number of nitrogens with one attached hydrogen (secondary N) is 1. The lowest BCUT2D eigenvalue weighted by molar-refractivity contribution is 0.192. The molecule has 0 aliphatic rings. The molecule has 0 aromatic rings. The molecule has 0 spiro atoms. The molecule has 0 rings (SSSR count). The second-order valence-corrected chi connectivity index (χ2v) is 3.78. The van der Waals surface area contributed by atoms with Gasteiger partial charge in [0.25, 0.3) is 0 Å². The van der Waals surface area contributed by atoms with Crippen molar-refractivity contribution < 1.29 is 4.79 Å². The van der Waals surface area contributed by atoms with Gasteiger partial charge in [-0.25, -0.2) is 4.79 Å². The third-order valence-electron chi connectivity index (χ3n) is 2.42. The van der Waals surface area contributed by atoms with Gasteiger partial charge in [-0.15, -0.1) is 0 Å². The minimum absolute atomic E-state index is 0.0784. The minimum Gasteiger partial charge on any atom is -0.338 e. The number of urea groups is 1. The van der Waals surface area contributed by atoms with Gasteiger partial charge < -0.3 is 10.2 Å². The van der Waals surface area contributed by atoms with Crippen LogP contribution in [0.1, 0.15) is 40.5 Å². The lowest BCUT2D eigenvalue weighted by Gasteiger charge is -2.24. The Morgan fingerprint density at radius 2 is 2.00 bits per heavy atom. The number of nitrogens with zero attached hydrogens (tertiary/aromatic N) is 1. The molecule has 0 aromatic carbocycles. The standard InChI is InChI=1S/C11H24N2O/c1-5-8-12-11(14)13(7-3)9-10(4)6-2/h10H,5-9H2,1-4H3,(H,12,14). The Balaban J connectivity index is 3.92. The van der Waals surface area contributed by atoms with Crippen molar-refractivity contribution in [2.45, 2.75) is 40.5 Å². The zero-order valence-electron chi connectivity index (χ0n) is 9.97. The Morgan fingerprint density at radius 1 is 1.36 bits per heavy atom. The van der Waals surface area contributed by atoms with Crippen molar-refractivity contribution in [2.24, 2.45) is 5.92 Å². The first kappa shape index (κ1) is 13.3. The first-order valence-corrected chi connectivity index (χ1v) is 5.68. The molecule has 0 radical (unpaired) electrons. The maximum atomic E-state index is 11.6. The molecule has 2 amide bonds. The number of rotatable bonds is 6. The summed E-state index contributed by atoms with van der Waals surface area (Å²) in [5.74, 6) is 0.585. The topological polar surface area (TPSA) is 32.3 Å². The molecule has 0 saturated heterocycles. The Kier molecular flexibility index (Phi) is 7.25. The van der Waals surface area contributed by atoms with Crippen LogP contribution in [-0.4, -0.2) is 30.6 Å². The zero-order valence-corrected chi connectivity index (χ0v) is 9.97. The fraction of sp³-hybridized carbons (Fsp3) is 0.909. The predicted molar refractivity (Wildman–Crippen MR) is 60.4 cm³/mol. The third-order valence-corrected chi connectivity index (χ3v) is 2.42. The third kappa shape index (κ3) is 5.10. The van der Waals surface area contributed by atoms with Crippen LogP contribution in [0.3, 0.4) is 0 Å². The highest BCUT2D eigenvalue weighted by Gasteiger charge is 2.12. The second-order valence-electron chi connectivity index (χ2n) is 3.78. The molecule has 14 heavy (non-hydrogen) atoms. The van der Waals surface area contributed by atoms with Crippen molar-refractivity contribution in [1.29, 1.82) is 0 Å². The fourth-order valence-corrected chi connectivity index (χ4v) is 1.20. The van der Waals surface area contributed by atoms with Gasteiger partial charge in [0.1, 0.15) is 0 Å². The maximum absolute atomic E-state index is 11.6. The van der Waals surface area contributed by atoms with Gasteiger partial charge in [-0.2, -0.15) is 0 Å². The summed E-state index contributed by atoms with van der Waals surface area (Å²) in [5, 5.41) is 2.90. The SMILES string of the molecule is CCCNC(=O)N(CC)CC(C)CC. The van der Waals surface area contributed by atoms with E-state index in [0.717, 1.165) is 32.5 Å². The summed E-state index contributed by atoms with van der Waals surface area (Å²) in [6.07, 6.45) is 2.12. The normalized spacial score (nSPS) is 12.3. The smallest absolute Gasteiger partial charge is 0.317 e. The van der Waals surface area contributed by atoms with E-state index in [4.69, 9.17) is 0 Å². The van der Waals surface area contributed by atoms with Crippen LogP contribution >= 0.6 is 0 Å². The highest BCUT2D eigenvalue weighted by Crippen LogP contribution is 2.04. The van der Waals surface area contributed by atoms with E-state index in [9.17, 15) is 4.79 Å². The van der Waals surface area contributed by atoms with E-state index in [1.807, 2.05) is 11.8 Å². The average Bonchev–Trinajstić information content (AvgIpc) is 2.21. The molecule has 0 aliphatic heterocycles. The summed E-state index contributed by atoms with van der Waals surface area (Å²) < 4.78 is 0. The van der Waals surface area contributed by atoms with Crippen LogP contribution in [0.15, 0.2) is 0 Å². The summed E-state index contributed by atoms with van der Waals surface area (Å²) in [4.78, 5) is 13.5. The van der Waals surface area contributed by atoms with Crippen LogP contribution in [0.5, 0.6) is 0 Å². The molecule has 3 heteroatoms. The van der Waals surface area contributed by atoms with Crippen molar-refractivity contribution in [3.05, 3.63) is 0 Å². The fourth-order valence-electron chi connectivity index (χ4n) is 1.20. The van der Waals surface area contributed by atoms with Crippen LogP contribution in [0.2, 0.25) is 0 Å². The van der Waals surface area contributed by atoms with Crippen molar-refractivity contribution >= 4 is 6.03 Å². The number of amides is 2. The first-order chi connectivity index (χ1) is 6.65. The molecule has 0 bridgehead atoms. The van der Waals surface area contributed by atoms with Gasteiger partial charge in [0, 0.05) is 19.6 Å². The molecule has 0 aromatic heterocycles. The Labute approximate surface area is 87.9 Å². The molecule has 1 atom stereocenters. The van der Waals surface area contributed by atoms with Crippen molar-refractivity contribution in [3.8, 4) is 0 Å². The van der Waals surface area contributed by atoms with E-state index in [0.29, 0.717) is 5.92 Å². The zero-order chi connectivity index (χ0) is 11.0. The maximum Gasteiger partial charge on any atom is 0.317 e. The Bertz CT molecular complexity index is 159. The molecule has 3 nitrogen and oxygen atoms in total. The summed E-state index contributed by atoms with van der Waals surface area (Å²) in [7, 11) is 0. The highest BCUT2D eigenvalue weighted by atomic mass is 16.2. The number of carbonyl (C=O) groups is 1. The summed E-state index contributed by atoms with van der Waals surface area (Å²) in [5.41, 5.74) is 0. The molecule has 1 N–H and O–H groups in total. The van der Waals surface area contributed by atoms with Gasteiger partial charge in [0.05, 0.1) is 0 Å². The van der Waals surface area contributed by atoms with E-state index in [-0.39, 0.29) is 6.03 Å². The number of hydrogen-bond acceptors (Lipinski definition) is 1. The van der Waals surface area contributed by atoms with Gasteiger partial charge in [-0.05, 0) is 19.3 Å². The van der Waals surface area contributed by atoms with E-state index in [2.05, 4.69) is 26.1 Å². The monoisotopic (exact) mass is 200 g/mol. The van der Waals surface area contributed by atoms with Crippen molar-refractivity contribution in [2.75, 3.05) is 19.6 Å². The van der Waals surface area contributed by atoms with Crippen molar-refractivity contribution in [3.63, 3.8) is 0 Å². The van der Waals surface area contributed by atoms with Crippen LogP contribution in [0.25, 0.3) is 0 Å². The molecular weight excluding hydrogens is 176 g/mol. The molecule has 0 heterocycles. The van der Waals surface area contributed by atoms with E-state index in [1.54, 1.807) is 0 Å². The van der Waals surface area contributed by atoms with Crippen LogP contribution in [0, 0.1) is 5.92 Å². The Morgan fingerprint density at radius 3 is 2.43 bits per heavy atom. The van der Waals surface area contributed by atoms with E-state index in [1.165, 1.54) is 0 Å². The molecule has 0 saturated carbocycles. The molecular formula is C11H24N2O. The van der Waals surface area contributed by atoms with Gasteiger partial charge in [-0.3, -0.25) is 0 Å². The van der Waals surface area contributed by atoms with Gasteiger partial charge in [0.15, 0.2) is 0 Å². The van der Waals surface area contributed by atoms with E-state index >= 15 is 0 Å². The van der Waals surface area contributed by atoms with Gasteiger partial charge in [-0.1, -0.05) is 27.2 Å². The lowest BCUT2D eigenvalue weighted by Crippen LogP contribution is -2.42. The lowest BCUT2D eigenvalue weighted by atomic mass is 10.1. The van der Waals surface area contributed by atoms with E-state index < -0.39 is 0 Å². The predicted octanol–water partition coefficient (Wildman–Crippen LogP) is 2.47. The van der Waals surface area contributed by atoms with Gasteiger partial charge >= 0.3 is 6.03 Å². The summed E-state index contributed by atoms with van der Waals surface area (Å²) >= 11 is 0. The number of carbonyl (C=O) groups excluding carboxylic acids is 1. The first-order valence-electron chi connectivity index (χ1n) is 5.68. The second kappa shape index (κ2) is 7.65. The average molecular weight is 200 g/mol. The summed E-state index contributed by atoms with van der Waals surface area (Å²) in [6, 6.07) is 0.0784. The quantitative estimate of drug-likeness (QED) is 0.702. The van der Waals surface area contributed by atoms with Crippen molar-refractivity contribution in [1.82, 2.24) is 10.2 Å². The highest BCUT2D eigenvalue weighted by molar-refractivity contribution is 5.74. The largest absolute Gasteiger partial charge is 0.338 e. The number of hydrogen-bond donors (Lipinski definition) is 1. The van der Waals surface area contributed by atoms with Gasteiger partial charge in [0.2, 0.25) is 0 Å². The van der Waals surface area contributed by atoms with Crippen LogP contribution in [0.4, 0.5) is 4.79 Å². The van der Waals surface area contributed by atoms with Crippen LogP contribution in [-0.2, 0) is 0 Å².